The lowest BCUT2D eigenvalue weighted by atomic mass is 9.79. The second kappa shape index (κ2) is 12.9. The quantitative estimate of drug-likeness (QED) is 0.185. The summed E-state index contributed by atoms with van der Waals surface area (Å²) >= 11 is 5.46. The Bertz CT molecular complexity index is 792. The molecule has 1 N–H and O–H groups in total. The molecule has 3 aliphatic rings. The van der Waals surface area contributed by atoms with Crippen LogP contribution < -0.4 is 0 Å². The van der Waals surface area contributed by atoms with Crippen LogP contribution >= 0.6 is 11.6 Å². The van der Waals surface area contributed by atoms with Crippen LogP contribution in [0.25, 0.3) is 0 Å². The van der Waals surface area contributed by atoms with Crippen molar-refractivity contribution in [1.29, 1.82) is 0 Å². The topological polar surface area (TPSA) is 85.4 Å². The average molecular weight is 509 g/mol. The van der Waals surface area contributed by atoms with Crippen LogP contribution in [0.4, 0.5) is 0 Å². The first kappa shape index (κ1) is 29.3. The Hall–Kier alpha value is -1.89. The predicted molar refractivity (Wildman–Crippen MR) is 138 cm³/mol. The van der Waals surface area contributed by atoms with E-state index < -0.39 is 16.9 Å². The van der Waals surface area contributed by atoms with Crippen LogP contribution in [0.2, 0.25) is 0 Å². The van der Waals surface area contributed by atoms with Gasteiger partial charge in [-0.2, -0.15) is 0 Å². The van der Waals surface area contributed by atoms with Gasteiger partial charge in [0.05, 0.1) is 23.3 Å². The van der Waals surface area contributed by atoms with Gasteiger partial charge in [-0.1, -0.05) is 24.3 Å². The fourth-order valence-corrected chi connectivity index (χ4v) is 5.24. The molecule has 0 spiro atoms. The smallest absolute Gasteiger partial charge is 0.312 e. The van der Waals surface area contributed by atoms with E-state index in [0.29, 0.717) is 31.5 Å². The van der Waals surface area contributed by atoms with Gasteiger partial charge in [-0.3, -0.25) is 9.59 Å². The Kier molecular flexibility index (Phi) is 10.8. The van der Waals surface area contributed by atoms with Crippen LogP contribution in [-0.4, -0.2) is 55.0 Å². The first-order valence-electron chi connectivity index (χ1n) is 12.3. The number of aliphatic hydroxyl groups is 1. The summed E-state index contributed by atoms with van der Waals surface area (Å²) in [5, 5.41) is 9.31. The summed E-state index contributed by atoms with van der Waals surface area (Å²) < 4.78 is 15.5. The number of halogens is 1. The van der Waals surface area contributed by atoms with Gasteiger partial charge in [0.25, 0.3) is 0 Å². The molecule has 0 aromatic rings. The zero-order valence-electron chi connectivity index (χ0n) is 21.1. The number of hydrogen-bond acceptors (Lipinski definition) is 6. The van der Waals surface area contributed by atoms with Crippen LogP contribution in [0, 0.1) is 34.5 Å². The lowest BCUT2D eigenvalue weighted by Crippen LogP contribution is -2.34. The molecule has 8 unspecified atom stereocenters. The highest BCUT2D eigenvalue weighted by molar-refractivity contribution is 6.18. The average Bonchev–Trinajstić information content (AvgIpc) is 3.54. The Morgan fingerprint density at radius 1 is 0.971 bits per heavy atom. The highest BCUT2D eigenvalue weighted by atomic mass is 35.5. The Morgan fingerprint density at radius 2 is 1.43 bits per heavy atom. The summed E-state index contributed by atoms with van der Waals surface area (Å²) in [5.41, 5.74) is -1.03. The molecule has 6 nitrogen and oxygen atoms in total. The number of epoxide rings is 1. The normalized spacial score (nSPS) is 36.2. The molecule has 1 aliphatic heterocycles. The monoisotopic (exact) mass is 508 g/mol. The van der Waals surface area contributed by atoms with Gasteiger partial charge in [-0.05, 0) is 63.2 Å². The first-order valence-corrected chi connectivity index (χ1v) is 12.8. The molecule has 0 bridgehead atoms. The summed E-state index contributed by atoms with van der Waals surface area (Å²) in [5.74, 6) is 0.600. The second-order valence-electron chi connectivity index (χ2n) is 10.4. The number of esters is 2. The van der Waals surface area contributed by atoms with E-state index >= 15 is 0 Å². The maximum absolute atomic E-state index is 12.2. The number of alkyl halides is 1. The van der Waals surface area contributed by atoms with Crippen molar-refractivity contribution in [3.63, 3.8) is 0 Å². The number of allylic oxidation sites excluding steroid dienone is 4. The molecule has 8 atom stereocenters. The molecule has 1 heterocycles. The van der Waals surface area contributed by atoms with Crippen LogP contribution in [0.15, 0.2) is 50.6 Å². The minimum absolute atomic E-state index is 0.0550. The third kappa shape index (κ3) is 7.31. The van der Waals surface area contributed by atoms with Gasteiger partial charge in [0.2, 0.25) is 0 Å². The van der Waals surface area contributed by atoms with Crippen molar-refractivity contribution >= 4 is 23.5 Å². The van der Waals surface area contributed by atoms with Gasteiger partial charge in [-0.25, -0.2) is 0 Å². The summed E-state index contributed by atoms with van der Waals surface area (Å²) in [6.45, 7) is 20.1. The van der Waals surface area contributed by atoms with Crippen molar-refractivity contribution in [2.45, 2.75) is 51.7 Å². The number of aliphatic hydroxyl groups excluding tert-OH is 1. The third-order valence-electron chi connectivity index (χ3n) is 7.68. The Balaban J connectivity index is 0.000000247. The van der Waals surface area contributed by atoms with E-state index in [1.807, 2.05) is 38.2 Å². The zero-order valence-corrected chi connectivity index (χ0v) is 21.9. The lowest BCUT2D eigenvalue weighted by Gasteiger charge is -2.27. The minimum Gasteiger partial charge on any atom is -0.462 e. The molecule has 196 valence electrons. The van der Waals surface area contributed by atoms with Crippen molar-refractivity contribution in [3.8, 4) is 0 Å². The number of hydrogen-bond donors (Lipinski definition) is 1. The molecule has 1 saturated heterocycles. The van der Waals surface area contributed by atoms with Gasteiger partial charge < -0.3 is 19.3 Å². The SMILES string of the molecule is C=CC1CC(C=C)C(C)(C(=O)OCC(O)CCl)C1.C=CC1CC(C=C)C(C)(C(=O)OCC2CO2)C1. The zero-order chi connectivity index (χ0) is 26.2. The second-order valence-corrected chi connectivity index (χ2v) is 10.7. The number of ether oxygens (including phenoxy) is 3. The highest BCUT2D eigenvalue weighted by Crippen LogP contribution is 2.49. The molecule has 0 amide bonds. The summed E-state index contributed by atoms with van der Waals surface area (Å²) in [7, 11) is 0. The van der Waals surface area contributed by atoms with Crippen LogP contribution in [0.5, 0.6) is 0 Å². The molecule has 0 aromatic heterocycles. The van der Waals surface area contributed by atoms with Gasteiger partial charge in [0.1, 0.15) is 25.4 Å². The lowest BCUT2D eigenvalue weighted by molar-refractivity contribution is -0.159. The van der Waals surface area contributed by atoms with Gasteiger partial charge in [0, 0.05) is 0 Å². The van der Waals surface area contributed by atoms with E-state index in [2.05, 4.69) is 26.3 Å². The molecular weight excluding hydrogens is 468 g/mol. The predicted octanol–water partition coefficient (Wildman–Crippen LogP) is 4.87. The maximum atomic E-state index is 12.2. The van der Waals surface area contributed by atoms with E-state index in [4.69, 9.17) is 25.8 Å². The van der Waals surface area contributed by atoms with Crippen molar-refractivity contribution in [3.05, 3.63) is 50.6 Å². The van der Waals surface area contributed by atoms with Gasteiger partial charge in [-0.15, -0.1) is 37.9 Å². The Morgan fingerprint density at radius 3 is 1.80 bits per heavy atom. The summed E-state index contributed by atoms with van der Waals surface area (Å²) in [6.07, 6.45) is 10.1. The Labute approximate surface area is 215 Å². The molecule has 35 heavy (non-hydrogen) atoms. The molecular formula is C28H41ClO6. The van der Waals surface area contributed by atoms with Crippen LogP contribution in [0.1, 0.15) is 39.5 Å². The summed E-state index contributed by atoms with van der Waals surface area (Å²) in [4.78, 5) is 24.3. The standard InChI is InChI=1S/C14H21ClO3.C14H20O3/c1-4-10-6-11(5-2)14(3,7-10)13(17)18-9-12(16)8-15;1-4-10-6-11(5-2)14(3,7-10)13(15)17-9-12-8-16-12/h4-5,10-12,16H,1-2,6-9H2,3H3;4-5,10-12H,1-2,6-9H2,3H3. The molecule has 2 aliphatic carbocycles. The molecule has 0 radical (unpaired) electrons. The third-order valence-corrected chi connectivity index (χ3v) is 8.03. The first-order chi connectivity index (χ1) is 16.6. The maximum Gasteiger partial charge on any atom is 0.312 e. The molecule has 3 fully saturated rings. The fraction of sp³-hybridized carbons (Fsp3) is 0.643. The van der Waals surface area contributed by atoms with E-state index in [-0.39, 0.29) is 42.4 Å². The minimum atomic E-state index is -0.807. The highest BCUT2D eigenvalue weighted by Gasteiger charge is 2.49. The number of carbonyl (C=O) groups excluding carboxylic acids is 2. The van der Waals surface area contributed by atoms with Crippen LogP contribution in [-0.2, 0) is 23.8 Å². The van der Waals surface area contributed by atoms with E-state index in [1.54, 1.807) is 0 Å². The van der Waals surface area contributed by atoms with Crippen molar-refractivity contribution in [1.82, 2.24) is 0 Å². The largest absolute Gasteiger partial charge is 0.462 e. The van der Waals surface area contributed by atoms with Gasteiger partial charge in [0.15, 0.2) is 0 Å². The van der Waals surface area contributed by atoms with E-state index in [1.165, 1.54) is 0 Å². The van der Waals surface area contributed by atoms with Crippen molar-refractivity contribution in [2.24, 2.45) is 34.5 Å². The molecule has 7 heteroatoms. The molecule has 3 rings (SSSR count). The fourth-order valence-electron chi connectivity index (χ4n) is 5.15. The number of rotatable bonds is 11. The van der Waals surface area contributed by atoms with Gasteiger partial charge >= 0.3 is 11.9 Å². The summed E-state index contributed by atoms with van der Waals surface area (Å²) in [6, 6.07) is 0. The molecule has 0 aromatic carbocycles. The van der Waals surface area contributed by atoms with E-state index in [0.717, 1.165) is 19.3 Å². The molecule has 2 saturated carbocycles. The van der Waals surface area contributed by atoms with E-state index in [9.17, 15) is 14.7 Å². The van der Waals surface area contributed by atoms with Crippen molar-refractivity contribution < 1.29 is 28.9 Å². The van der Waals surface area contributed by atoms with Crippen molar-refractivity contribution in [2.75, 3.05) is 25.7 Å². The number of carbonyl (C=O) groups is 2. The van der Waals surface area contributed by atoms with Crippen LogP contribution in [0.3, 0.4) is 0 Å².